The molecular weight excluding hydrogens is 225 g/mol. The van der Waals surface area contributed by atoms with Crippen molar-refractivity contribution in [3.63, 3.8) is 0 Å². The van der Waals surface area contributed by atoms with E-state index in [1.807, 2.05) is 13.8 Å². The third-order valence-corrected chi connectivity index (χ3v) is 2.89. The summed E-state index contributed by atoms with van der Waals surface area (Å²) in [5.41, 5.74) is -1.33. The highest BCUT2D eigenvalue weighted by Crippen LogP contribution is 2.22. The van der Waals surface area contributed by atoms with Crippen LogP contribution < -0.4 is 0 Å². The van der Waals surface area contributed by atoms with Crippen molar-refractivity contribution in [3.8, 4) is 6.07 Å². The van der Waals surface area contributed by atoms with E-state index < -0.39 is 5.60 Å². The van der Waals surface area contributed by atoms with Gasteiger partial charge in [-0.3, -0.25) is 0 Å². The second kappa shape index (κ2) is 7.26. The molecule has 1 rings (SSSR count). The normalized spacial score (nSPS) is 13.0. The van der Waals surface area contributed by atoms with Crippen molar-refractivity contribution in [2.24, 2.45) is 0 Å². The fraction of sp³-hybridized carbons (Fsp3) is 0.417. The molecule has 0 saturated heterocycles. The van der Waals surface area contributed by atoms with E-state index in [0.29, 0.717) is 0 Å². The van der Waals surface area contributed by atoms with Crippen LogP contribution in [0.2, 0.25) is 0 Å². The molecule has 0 aromatic heterocycles. The third kappa shape index (κ3) is 5.74. The van der Waals surface area contributed by atoms with Gasteiger partial charge in [-0.15, -0.1) is 11.8 Å². The van der Waals surface area contributed by atoms with Crippen LogP contribution in [0.3, 0.4) is 0 Å². The van der Waals surface area contributed by atoms with E-state index in [2.05, 4.69) is 0 Å². The first-order valence-corrected chi connectivity index (χ1v) is 6.04. The average molecular weight is 241 g/mol. The highest BCUT2D eigenvalue weighted by Gasteiger charge is 2.18. The van der Waals surface area contributed by atoms with Crippen molar-refractivity contribution >= 4 is 11.8 Å². The van der Waals surface area contributed by atoms with Crippen LogP contribution in [0.4, 0.5) is 4.39 Å². The molecule has 0 bridgehead atoms. The first kappa shape index (κ1) is 14.9. The average Bonchev–Trinajstić information content (AvgIpc) is 2.31. The number of nitriles is 1. The molecule has 1 aromatic carbocycles. The molecule has 0 aliphatic heterocycles. The Morgan fingerprint density at radius 2 is 1.88 bits per heavy atom. The molecule has 0 fully saturated rings. The zero-order valence-electron chi connectivity index (χ0n) is 9.70. The molecule has 1 unspecified atom stereocenters. The van der Waals surface area contributed by atoms with E-state index >= 15 is 0 Å². The van der Waals surface area contributed by atoms with Crippen LogP contribution in [-0.2, 0) is 0 Å². The zero-order chi connectivity index (χ0) is 12.6. The summed E-state index contributed by atoms with van der Waals surface area (Å²) >= 11 is 1.32. The number of hydrogen-bond acceptors (Lipinski definition) is 3. The highest BCUT2D eigenvalue weighted by atomic mass is 32.2. The van der Waals surface area contributed by atoms with E-state index in [1.165, 1.54) is 30.8 Å². The molecule has 1 atom stereocenters. The Kier molecular flexibility index (Phi) is 6.78. The molecule has 1 N–H and O–H groups in total. The van der Waals surface area contributed by atoms with Crippen molar-refractivity contribution in [3.05, 3.63) is 30.1 Å². The summed E-state index contributed by atoms with van der Waals surface area (Å²) in [6, 6.07) is 7.72. The summed E-state index contributed by atoms with van der Waals surface area (Å²) in [6.45, 7) is 5.45. The number of halogens is 1. The minimum atomic E-state index is -1.33. The Bertz CT molecular complexity index is 343. The Labute approximate surface area is 100 Å². The quantitative estimate of drug-likeness (QED) is 0.652. The number of hydrogen-bond donors (Lipinski definition) is 1. The lowest BCUT2D eigenvalue weighted by atomic mass is 10.2. The van der Waals surface area contributed by atoms with Gasteiger partial charge >= 0.3 is 0 Å². The smallest absolute Gasteiger partial charge is 0.157 e. The summed E-state index contributed by atoms with van der Waals surface area (Å²) in [4.78, 5) is 0.835. The van der Waals surface area contributed by atoms with E-state index in [1.54, 1.807) is 18.2 Å². The van der Waals surface area contributed by atoms with Gasteiger partial charge in [0, 0.05) is 10.6 Å². The number of rotatable bonds is 3. The molecular formula is C12H16FNOS. The minimum Gasteiger partial charge on any atom is -0.375 e. The van der Waals surface area contributed by atoms with Crippen LogP contribution in [0.15, 0.2) is 29.2 Å². The number of nitrogens with zero attached hydrogens (tertiary/aromatic N) is 1. The highest BCUT2D eigenvalue weighted by molar-refractivity contribution is 7.99. The van der Waals surface area contributed by atoms with Gasteiger partial charge in [0.1, 0.15) is 5.82 Å². The molecule has 0 heterocycles. The molecule has 1 aromatic rings. The summed E-state index contributed by atoms with van der Waals surface area (Å²) in [5.74, 6) is -0.0174. The zero-order valence-corrected chi connectivity index (χ0v) is 10.5. The molecule has 0 radical (unpaired) electrons. The van der Waals surface area contributed by atoms with Crippen molar-refractivity contribution in [1.29, 1.82) is 5.26 Å². The summed E-state index contributed by atoms with van der Waals surface area (Å²) in [6.07, 6.45) is 0. The van der Waals surface area contributed by atoms with E-state index in [-0.39, 0.29) is 11.6 Å². The van der Waals surface area contributed by atoms with E-state index in [9.17, 15) is 9.50 Å². The first-order valence-electron chi connectivity index (χ1n) is 5.05. The fourth-order valence-electron chi connectivity index (χ4n) is 0.787. The summed E-state index contributed by atoms with van der Waals surface area (Å²) in [5, 5.41) is 17.9. The van der Waals surface area contributed by atoms with Crippen LogP contribution in [0.5, 0.6) is 0 Å². The van der Waals surface area contributed by atoms with Gasteiger partial charge in [-0.1, -0.05) is 13.8 Å². The van der Waals surface area contributed by atoms with Crippen LogP contribution in [0, 0.1) is 17.1 Å². The predicted octanol–water partition coefficient (Wildman–Crippen LogP) is 3.22. The van der Waals surface area contributed by atoms with Crippen molar-refractivity contribution < 1.29 is 9.50 Å². The number of aliphatic hydroxyl groups is 1. The monoisotopic (exact) mass is 241 g/mol. The standard InChI is InChI=1S/C10H10FNOS.C2H6/c1-10(13,6-12)7-14-9-4-2-8(11)3-5-9;1-2/h2-5,13H,7H2,1H3;1-2H3. The Morgan fingerprint density at radius 1 is 1.38 bits per heavy atom. The number of thioether (sulfide) groups is 1. The second-order valence-corrected chi connectivity index (χ2v) is 4.18. The molecule has 4 heteroatoms. The van der Waals surface area contributed by atoms with Gasteiger partial charge in [-0.2, -0.15) is 5.26 Å². The molecule has 2 nitrogen and oxygen atoms in total. The Hall–Kier alpha value is -1.05. The van der Waals surface area contributed by atoms with Gasteiger partial charge < -0.3 is 5.11 Å². The van der Waals surface area contributed by atoms with Crippen LogP contribution in [0.25, 0.3) is 0 Å². The van der Waals surface area contributed by atoms with E-state index in [4.69, 9.17) is 5.26 Å². The van der Waals surface area contributed by atoms with Gasteiger partial charge in [0.15, 0.2) is 5.60 Å². The second-order valence-electron chi connectivity index (χ2n) is 3.13. The largest absolute Gasteiger partial charge is 0.375 e. The van der Waals surface area contributed by atoms with Crippen molar-refractivity contribution in [2.75, 3.05) is 5.75 Å². The maximum atomic E-state index is 12.5. The molecule has 0 spiro atoms. The molecule has 0 aliphatic carbocycles. The third-order valence-electron chi connectivity index (χ3n) is 1.57. The Balaban J connectivity index is 0.00000106. The Morgan fingerprint density at radius 3 is 2.31 bits per heavy atom. The van der Waals surface area contributed by atoms with Crippen molar-refractivity contribution in [1.82, 2.24) is 0 Å². The summed E-state index contributed by atoms with van der Waals surface area (Å²) < 4.78 is 12.5. The SMILES string of the molecule is CC.CC(O)(C#N)CSc1ccc(F)cc1. The maximum Gasteiger partial charge on any atom is 0.157 e. The fourth-order valence-corrected chi connectivity index (χ4v) is 1.63. The maximum absolute atomic E-state index is 12.5. The topological polar surface area (TPSA) is 44.0 Å². The van der Waals surface area contributed by atoms with Gasteiger partial charge in [0.05, 0.1) is 6.07 Å². The van der Waals surface area contributed by atoms with Gasteiger partial charge in [-0.25, -0.2) is 4.39 Å². The first-order chi connectivity index (χ1) is 7.53. The molecule has 88 valence electrons. The van der Waals surface area contributed by atoms with Gasteiger partial charge in [0.25, 0.3) is 0 Å². The predicted molar refractivity (Wildman–Crippen MR) is 64.7 cm³/mol. The van der Waals surface area contributed by atoms with Crippen molar-refractivity contribution in [2.45, 2.75) is 31.3 Å². The van der Waals surface area contributed by atoms with E-state index in [0.717, 1.165) is 4.90 Å². The number of benzene rings is 1. The lowest BCUT2D eigenvalue weighted by Gasteiger charge is -2.12. The molecule has 0 amide bonds. The molecule has 16 heavy (non-hydrogen) atoms. The summed E-state index contributed by atoms with van der Waals surface area (Å²) in [7, 11) is 0. The van der Waals surface area contributed by atoms with Crippen LogP contribution in [-0.4, -0.2) is 16.5 Å². The lowest BCUT2D eigenvalue weighted by molar-refractivity contribution is 0.146. The lowest BCUT2D eigenvalue weighted by Crippen LogP contribution is -2.24. The van der Waals surface area contributed by atoms with Gasteiger partial charge in [-0.05, 0) is 31.2 Å². The molecule has 0 saturated carbocycles. The van der Waals surface area contributed by atoms with Crippen LogP contribution >= 0.6 is 11.8 Å². The molecule has 0 aliphatic rings. The van der Waals surface area contributed by atoms with Gasteiger partial charge in [0.2, 0.25) is 0 Å². The minimum absolute atomic E-state index is 0.273. The van der Waals surface area contributed by atoms with Crippen LogP contribution in [0.1, 0.15) is 20.8 Å².